The minimum Gasteiger partial charge on any atom is -0.312 e. The molecule has 0 aliphatic carbocycles. The fourth-order valence-electron chi connectivity index (χ4n) is 1.63. The Kier molecular flexibility index (Phi) is 5.98. The van der Waals surface area contributed by atoms with Crippen molar-refractivity contribution in [3.8, 4) is 0 Å². The summed E-state index contributed by atoms with van der Waals surface area (Å²) in [6.07, 6.45) is 0.540. The second-order valence-electron chi connectivity index (χ2n) is 4.02. The molecule has 0 atom stereocenters. The number of amides is 1. The molecule has 0 aliphatic heterocycles. The first kappa shape index (κ1) is 15.8. The van der Waals surface area contributed by atoms with Gasteiger partial charge >= 0.3 is 0 Å². The van der Waals surface area contributed by atoms with Crippen LogP contribution in [0.2, 0.25) is 0 Å². The van der Waals surface area contributed by atoms with Crippen LogP contribution in [0.4, 0.5) is 0 Å². The lowest BCUT2D eigenvalue weighted by Gasteiger charge is -2.08. The van der Waals surface area contributed by atoms with Crippen LogP contribution in [0.3, 0.4) is 0 Å². The number of thioether (sulfide) groups is 1. The fraction of sp³-hybridized carbons (Fsp3) is 0.133. The Balaban J connectivity index is 2.32. The summed E-state index contributed by atoms with van der Waals surface area (Å²) < 4.78 is 5.00. The molecule has 4 nitrogen and oxygen atoms in total. The van der Waals surface area contributed by atoms with Gasteiger partial charge in [-0.05, 0) is 30.7 Å². The van der Waals surface area contributed by atoms with Gasteiger partial charge in [0.15, 0.2) is 0 Å². The molecule has 2 aromatic rings. The Bertz CT molecular complexity index is 660. The third-order valence-corrected chi connectivity index (χ3v) is 4.33. The second-order valence-corrected chi connectivity index (χ2v) is 5.97. The predicted molar refractivity (Wildman–Crippen MR) is 86.7 cm³/mol. The van der Waals surface area contributed by atoms with Crippen molar-refractivity contribution in [3.63, 3.8) is 0 Å². The van der Waals surface area contributed by atoms with E-state index in [0.717, 1.165) is 15.5 Å². The van der Waals surface area contributed by atoms with Crippen LogP contribution in [-0.4, -0.2) is 23.5 Å². The van der Waals surface area contributed by atoms with Crippen LogP contribution < -0.4 is 0 Å². The van der Waals surface area contributed by atoms with Gasteiger partial charge in [-0.25, -0.2) is 9.98 Å². The van der Waals surface area contributed by atoms with E-state index in [-0.39, 0.29) is 0 Å². The summed E-state index contributed by atoms with van der Waals surface area (Å²) in [5, 5.41) is 1.29. The lowest BCUT2D eigenvalue weighted by Crippen LogP contribution is -2.01. The molecular weight excluding hydrogens is 304 g/mol. The lowest BCUT2D eigenvalue weighted by molar-refractivity contribution is -0.106. The summed E-state index contributed by atoms with van der Waals surface area (Å²) >= 11 is 2.60. The zero-order valence-corrected chi connectivity index (χ0v) is 13.3. The average Bonchev–Trinajstić information content (AvgIpc) is 2.49. The van der Waals surface area contributed by atoms with Crippen LogP contribution in [0.15, 0.2) is 57.4 Å². The average molecular weight is 318 g/mol. The number of hydrogen-bond donors (Lipinski definition) is 0. The molecule has 0 radical (unpaired) electrons. The van der Waals surface area contributed by atoms with Crippen LogP contribution in [0.5, 0.6) is 0 Å². The molecule has 1 amide bonds. The molecule has 0 saturated carbocycles. The number of aryl methyl sites for hydroxylation is 1. The summed E-state index contributed by atoms with van der Waals surface area (Å²) in [5.41, 5.74) is 1.78. The van der Waals surface area contributed by atoms with Gasteiger partial charge in [-0.1, -0.05) is 36.0 Å². The number of benzene rings is 1. The van der Waals surface area contributed by atoms with Crippen molar-refractivity contribution in [2.75, 3.05) is 7.11 Å². The Morgan fingerprint density at radius 3 is 2.76 bits per heavy atom. The van der Waals surface area contributed by atoms with Gasteiger partial charge in [-0.2, -0.15) is 0 Å². The highest BCUT2D eigenvalue weighted by molar-refractivity contribution is 8.14. The number of aliphatic imine (C=N–C) groups is 1. The van der Waals surface area contributed by atoms with Crippen molar-refractivity contribution in [3.05, 3.63) is 53.7 Å². The molecular formula is C15H14N2O2S2. The number of nitrogens with zero attached hydrogens (tertiary/aromatic N) is 2. The summed E-state index contributed by atoms with van der Waals surface area (Å²) in [7, 11) is 1.58. The fourth-order valence-corrected chi connectivity index (χ4v) is 2.97. The maximum absolute atomic E-state index is 10.8. The maximum atomic E-state index is 10.8. The number of rotatable bonds is 5. The van der Waals surface area contributed by atoms with Crippen LogP contribution in [0.1, 0.15) is 11.3 Å². The van der Waals surface area contributed by atoms with Crippen molar-refractivity contribution in [1.82, 2.24) is 4.98 Å². The molecule has 0 aliphatic rings. The number of aromatic nitrogens is 1. The van der Waals surface area contributed by atoms with E-state index in [9.17, 15) is 4.79 Å². The van der Waals surface area contributed by atoms with Crippen molar-refractivity contribution in [2.45, 2.75) is 16.8 Å². The van der Waals surface area contributed by atoms with Crippen molar-refractivity contribution < 1.29 is 8.98 Å². The Labute approximate surface area is 132 Å². The number of hydrogen-bond acceptors (Lipinski definition) is 5. The normalized spacial score (nSPS) is 11.4. The molecule has 1 aromatic heterocycles. The highest BCUT2D eigenvalue weighted by Crippen LogP contribution is 2.27. The minimum absolute atomic E-state index is 0.540. The zero-order valence-electron chi connectivity index (χ0n) is 11.6. The van der Waals surface area contributed by atoms with Gasteiger partial charge in [0.05, 0.1) is 12.8 Å². The quantitative estimate of drug-likeness (QED) is 0.276. The largest absolute Gasteiger partial charge is 0.312 e. The van der Waals surface area contributed by atoms with Gasteiger partial charge in [0, 0.05) is 16.9 Å². The highest BCUT2D eigenvalue weighted by atomic mass is 32.2. The van der Waals surface area contributed by atoms with E-state index in [1.807, 2.05) is 49.4 Å². The van der Waals surface area contributed by atoms with Crippen LogP contribution in [0.25, 0.3) is 0 Å². The molecule has 0 bridgehead atoms. The van der Waals surface area contributed by atoms with E-state index in [4.69, 9.17) is 4.18 Å². The molecule has 0 spiro atoms. The molecule has 2 rings (SSSR count). The molecule has 108 valence electrons. The third-order valence-electron chi connectivity index (χ3n) is 2.58. The molecule has 0 N–H and O–H groups in total. The van der Waals surface area contributed by atoms with E-state index in [2.05, 4.69) is 9.98 Å². The van der Waals surface area contributed by atoms with Crippen LogP contribution >= 0.6 is 23.8 Å². The monoisotopic (exact) mass is 318 g/mol. The summed E-state index contributed by atoms with van der Waals surface area (Å²) in [6.45, 7) is 2.02. The molecule has 6 heteroatoms. The molecule has 0 fully saturated rings. The minimum atomic E-state index is 0.540. The van der Waals surface area contributed by atoms with Crippen molar-refractivity contribution >= 4 is 35.3 Å². The summed E-state index contributed by atoms with van der Waals surface area (Å²) in [5.74, 6) is 0. The maximum Gasteiger partial charge on any atom is 0.234 e. The Morgan fingerprint density at radius 2 is 2.05 bits per heavy atom. The predicted octanol–water partition coefficient (Wildman–Crippen LogP) is 3.74. The number of carbonyl (C=O) groups excluding carboxylic acids is 1. The van der Waals surface area contributed by atoms with Gasteiger partial charge in [-0.15, -0.1) is 0 Å². The number of carbonyl (C=O) groups is 1. The third kappa shape index (κ3) is 4.42. The van der Waals surface area contributed by atoms with Gasteiger partial charge < -0.3 is 4.18 Å². The van der Waals surface area contributed by atoms with E-state index < -0.39 is 0 Å². The molecule has 0 saturated heterocycles. The summed E-state index contributed by atoms with van der Waals surface area (Å²) in [6, 6.07) is 13.5. The first-order chi connectivity index (χ1) is 10.2. The van der Waals surface area contributed by atoms with Crippen molar-refractivity contribution in [2.24, 2.45) is 4.99 Å². The Hall–Kier alpha value is -1.63. The number of pyridine rings is 1. The van der Waals surface area contributed by atoms with E-state index >= 15 is 0 Å². The second kappa shape index (κ2) is 7.97. The van der Waals surface area contributed by atoms with Gasteiger partial charge in [0.25, 0.3) is 0 Å². The van der Waals surface area contributed by atoms with E-state index in [1.165, 1.54) is 23.8 Å². The smallest absolute Gasteiger partial charge is 0.234 e. The lowest BCUT2D eigenvalue weighted by atomic mass is 10.2. The first-order valence-electron chi connectivity index (χ1n) is 6.17. The van der Waals surface area contributed by atoms with Crippen LogP contribution in [-0.2, 0) is 8.98 Å². The highest BCUT2D eigenvalue weighted by Gasteiger charge is 2.10. The van der Waals surface area contributed by atoms with E-state index in [1.54, 1.807) is 7.11 Å². The molecule has 21 heavy (non-hydrogen) atoms. The van der Waals surface area contributed by atoms with Gasteiger partial charge in [0.1, 0.15) is 10.1 Å². The first-order valence-corrected chi connectivity index (χ1v) is 7.73. The molecule has 1 heterocycles. The van der Waals surface area contributed by atoms with Gasteiger partial charge in [-0.3, -0.25) is 4.79 Å². The van der Waals surface area contributed by atoms with Gasteiger partial charge in [0.2, 0.25) is 6.41 Å². The molecule has 0 unspecified atom stereocenters. The Morgan fingerprint density at radius 1 is 1.24 bits per heavy atom. The zero-order chi connectivity index (χ0) is 15.1. The standard InChI is InChI=1S/C15H14N2O2S2/c1-11-6-3-4-8-13(11)20-15(16-10-18)12-7-5-9-14(17-12)21-19-2/h3-10H,1-2H3. The SMILES string of the molecule is COSc1cccc(C(=NC=O)Sc2ccccc2C)n1. The molecule has 1 aromatic carbocycles. The summed E-state index contributed by atoms with van der Waals surface area (Å²) in [4.78, 5) is 20.2. The van der Waals surface area contributed by atoms with Crippen molar-refractivity contribution in [1.29, 1.82) is 0 Å². The van der Waals surface area contributed by atoms with E-state index in [0.29, 0.717) is 17.1 Å². The topological polar surface area (TPSA) is 51.5 Å². The van der Waals surface area contributed by atoms with Crippen LogP contribution in [0, 0.1) is 6.92 Å².